The van der Waals surface area contributed by atoms with Crippen molar-refractivity contribution < 1.29 is 0 Å². The van der Waals surface area contributed by atoms with Crippen molar-refractivity contribution >= 4 is 0 Å². The molecule has 2 saturated carbocycles. The van der Waals surface area contributed by atoms with E-state index in [1.165, 1.54) is 44.9 Å². The van der Waals surface area contributed by atoms with E-state index in [4.69, 9.17) is 11.5 Å². The second-order valence-corrected chi connectivity index (χ2v) is 7.50. The van der Waals surface area contributed by atoms with Gasteiger partial charge in [-0.1, -0.05) is 27.2 Å². The van der Waals surface area contributed by atoms with E-state index < -0.39 is 0 Å². The van der Waals surface area contributed by atoms with Gasteiger partial charge in [0.1, 0.15) is 0 Å². The Morgan fingerprint density at radius 2 is 1.26 bits per heavy atom. The predicted molar refractivity (Wildman–Crippen MR) is 82.7 cm³/mol. The van der Waals surface area contributed by atoms with Gasteiger partial charge in [-0.3, -0.25) is 0 Å². The molecule has 0 aliphatic heterocycles. The summed E-state index contributed by atoms with van der Waals surface area (Å²) in [6.07, 6.45) is 9.02. The normalized spacial score (nSPS) is 45.9. The zero-order valence-electron chi connectivity index (χ0n) is 13.1. The van der Waals surface area contributed by atoms with Gasteiger partial charge in [-0.2, -0.15) is 0 Å². The third-order valence-electron chi connectivity index (χ3n) is 6.12. The van der Waals surface area contributed by atoms with Crippen LogP contribution in [0.1, 0.15) is 65.7 Å². The lowest BCUT2D eigenvalue weighted by Crippen LogP contribution is -2.41. The summed E-state index contributed by atoms with van der Waals surface area (Å²) in [5.74, 6) is 4.36. The number of hydrogen-bond donors (Lipinski definition) is 2. The molecule has 2 aliphatic rings. The maximum atomic E-state index is 6.14. The topological polar surface area (TPSA) is 52.0 Å². The van der Waals surface area contributed by atoms with Crippen LogP contribution in [0.25, 0.3) is 0 Å². The molecule has 2 aliphatic carbocycles. The summed E-state index contributed by atoms with van der Waals surface area (Å²) in [5, 5.41) is 0. The molecular formula is C17H34N2. The van der Waals surface area contributed by atoms with Crippen molar-refractivity contribution in [1.29, 1.82) is 0 Å². The molecule has 0 heterocycles. The van der Waals surface area contributed by atoms with E-state index in [0.29, 0.717) is 12.1 Å². The molecule has 0 aromatic carbocycles. The van der Waals surface area contributed by atoms with E-state index in [0.717, 1.165) is 29.6 Å². The van der Waals surface area contributed by atoms with E-state index in [1.54, 1.807) is 0 Å². The highest BCUT2D eigenvalue weighted by atomic mass is 14.7. The first kappa shape index (κ1) is 15.3. The number of rotatable bonds is 3. The van der Waals surface area contributed by atoms with Crippen molar-refractivity contribution in [3.05, 3.63) is 0 Å². The van der Waals surface area contributed by atoms with E-state index in [2.05, 4.69) is 20.8 Å². The predicted octanol–water partition coefficient (Wildman–Crippen LogP) is 3.54. The van der Waals surface area contributed by atoms with Crippen LogP contribution in [0.15, 0.2) is 0 Å². The maximum absolute atomic E-state index is 6.14. The first-order valence-corrected chi connectivity index (χ1v) is 8.54. The van der Waals surface area contributed by atoms with Crippen molar-refractivity contribution in [2.75, 3.05) is 0 Å². The van der Waals surface area contributed by atoms with Crippen LogP contribution in [0.5, 0.6) is 0 Å². The van der Waals surface area contributed by atoms with Gasteiger partial charge in [0, 0.05) is 12.1 Å². The zero-order valence-corrected chi connectivity index (χ0v) is 13.1. The summed E-state index contributed by atoms with van der Waals surface area (Å²) in [5.41, 5.74) is 12.3. The Hall–Kier alpha value is -0.0800. The Kier molecular flexibility index (Phi) is 5.30. The third-order valence-corrected chi connectivity index (χ3v) is 6.12. The fraction of sp³-hybridized carbons (Fsp3) is 1.00. The van der Waals surface area contributed by atoms with Gasteiger partial charge in [0.2, 0.25) is 0 Å². The molecule has 0 amide bonds. The average molecular weight is 266 g/mol. The van der Waals surface area contributed by atoms with Gasteiger partial charge in [-0.05, 0) is 68.1 Å². The van der Waals surface area contributed by atoms with Crippen LogP contribution in [0, 0.1) is 29.6 Å². The summed E-state index contributed by atoms with van der Waals surface area (Å²) in [7, 11) is 0. The lowest BCUT2D eigenvalue weighted by molar-refractivity contribution is 0.0602. The Morgan fingerprint density at radius 3 is 1.58 bits per heavy atom. The smallest absolute Gasteiger partial charge is 0.00415 e. The summed E-state index contributed by atoms with van der Waals surface area (Å²) < 4.78 is 0. The lowest BCUT2D eigenvalue weighted by atomic mass is 9.61. The summed E-state index contributed by atoms with van der Waals surface area (Å²) in [4.78, 5) is 0. The van der Waals surface area contributed by atoms with E-state index in [-0.39, 0.29) is 0 Å². The minimum absolute atomic E-state index is 0.459. The molecule has 6 unspecified atom stereocenters. The highest BCUT2D eigenvalue weighted by Crippen LogP contribution is 2.45. The molecule has 19 heavy (non-hydrogen) atoms. The van der Waals surface area contributed by atoms with Crippen molar-refractivity contribution in [2.24, 2.45) is 41.1 Å². The highest BCUT2D eigenvalue weighted by molar-refractivity contribution is 4.90. The van der Waals surface area contributed by atoms with Crippen LogP contribution in [0.2, 0.25) is 0 Å². The van der Waals surface area contributed by atoms with Gasteiger partial charge in [-0.15, -0.1) is 0 Å². The van der Waals surface area contributed by atoms with Crippen LogP contribution in [-0.2, 0) is 0 Å². The summed E-state index contributed by atoms with van der Waals surface area (Å²) in [6.45, 7) is 7.27. The Labute approximate surface area is 119 Å². The van der Waals surface area contributed by atoms with Gasteiger partial charge >= 0.3 is 0 Å². The zero-order chi connectivity index (χ0) is 14.0. The minimum Gasteiger partial charge on any atom is -0.328 e. The van der Waals surface area contributed by atoms with Crippen LogP contribution in [0.3, 0.4) is 0 Å². The Bertz CT molecular complexity index is 252. The molecule has 0 radical (unpaired) electrons. The van der Waals surface area contributed by atoms with Gasteiger partial charge in [0.05, 0.1) is 0 Å². The molecule has 2 nitrogen and oxygen atoms in total. The number of nitrogens with two attached hydrogens (primary N) is 2. The Balaban J connectivity index is 2.02. The van der Waals surface area contributed by atoms with Crippen molar-refractivity contribution in [3.8, 4) is 0 Å². The molecule has 0 saturated heterocycles. The average Bonchev–Trinajstić information content (AvgIpc) is 2.34. The van der Waals surface area contributed by atoms with Gasteiger partial charge in [0.15, 0.2) is 0 Å². The molecule has 112 valence electrons. The van der Waals surface area contributed by atoms with Crippen molar-refractivity contribution in [2.45, 2.75) is 77.8 Å². The second kappa shape index (κ2) is 6.58. The monoisotopic (exact) mass is 266 g/mol. The van der Waals surface area contributed by atoms with Crippen LogP contribution in [-0.4, -0.2) is 12.1 Å². The molecular weight excluding hydrogens is 232 g/mol. The van der Waals surface area contributed by atoms with Crippen LogP contribution in [0.4, 0.5) is 0 Å². The fourth-order valence-electron chi connectivity index (χ4n) is 5.12. The molecule has 0 spiro atoms. The lowest BCUT2D eigenvalue weighted by Gasteiger charge is -2.45. The summed E-state index contributed by atoms with van der Waals surface area (Å²) in [6, 6.07) is 0.918. The molecule has 2 rings (SSSR count). The first-order valence-electron chi connectivity index (χ1n) is 8.54. The van der Waals surface area contributed by atoms with Gasteiger partial charge in [0.25, 0.3) is 0 Å². The van der Waals surface area contributed by atoms with Gasteiger partial charge in [-0.25, -0.2) is 0 Å². The standard InChI is InChI=1S/C17H34N2/c1-4-15(16-7-5-13(18)9-11(16)2)17-8-6-14(19)10-12(17)3/h11-17H,4-10,18-19H2,1-3H3. The van der Waals surface area contributed by atoms with Crippen LogP contribution >= 0.6 is 0 Å². The molecule has 0 aromatic rings. The van der Waals surface area contributed by atoms with E-state index in [9.17, 15) is 0 Å². The maximum Gasteiger partial charge on any atom is 0.00415 e. The molecule has 4 N–H and O–H groups in total. The second-order valence-electron chi connectivity index (χ2n) is 7.50. The van der Waals surface area contributed by atoms with Crippen LogP contribution < -0.4 is 11.5 Å². The molecule has 2 fully saturated rings. The molecule has 0 bridgehead atoms. The molecule has 6 atom stereocenters. The van der Waals surface area contributed by atoms with Crippen molar-refractivity contribution in [3.63, 3.8) is 0 Å². The SMILES string of the molecule is CCC(C1CCC(N)CC1C)C1CCC(N)CC1C. The molecule has 2 heteroatoms. The quantitative estimate of drug-likeness (QED) is 0.821. The summed E-state index contributed by atoms with van der Waals surface area (Å²) >= 11 is 0. The fourth-order valence-corrected chi connectivity index (χ4v) is 5.12. The minimum atomic E-state index is 0.459. The largest absolute Gasteiger partial charge is 0.328 e. The Morgan fingerprint density at radius 1 is 0.842 bits per heavy atom. The molecule has 0 aromatic heterocycles. The van der Waals surface area contributed by atoms with E-state index >= 15 is 0 Å². The van der Waals surface area contributed by atoms with Gasteiger partial charge < -0.3 is 11.5 Å². The van der Waals surface area contributed by atoms with E-state index in [1.807, 2.05) is 0 Å². The highest BCUT2D eigenvalue weighted by Gasteiger charge is 2.38. The number of hydrogen-bond acceptors (Lipinski definition) is 2. The van der Waals surface area contributed by atoms with Crippen molar-refractivity contribution in [1.82, 2.24) is 0 Å². The first-order chi connectivity index (χ1) is 9.02. The third kappa shape index (κ3) is 3.52.